The van der Waals surface area contributed by atoms with Crippen molar-refractivity contribution < 1.29 is 4.74 Å². The second kappa shape index (κ2) is 6.16. The van der Waals surface area contributed by atoms with Crippen LogP contribution in [0.1, 0.15) is 0 Å². The van der Waals surface area contributed by atoms with Crippen molar-refractivity contribution in [3.8, 4) is 0 Å². The van der Waals surface area contributed by atoms with Crippen LogP contribution in [0, 0.1) is 0 Å². The van der Waals surface area contributed by atoms with Crippen molar-refractivity contribution in [1.29, 1.82) is 0 Å². The van der Waals surface area contributed by atoms with Crippen molar-refractivity contribution in [2.75, 3.05) is 24.7 Å². The lowest BCUT2D eigenvalue weighted by molar-refractivity contribution is 0.236. The highest BCUT2D eigenvalue weighted by Crippen LogP contribution is 2.06. The van der Waals surface area contributed by atoms with Gasteiger partial charge in [-0.15, -0.1) is 0 Å². The third-order valence-corrected chi connectivity index (χ3v) is 2.10. The summed E-state index contributed by atoms with van der Waals surface area (Å²) in [4.78, 5) is 0. The predicted molar refractivity (Wildman–Crippen MR) is 49.6 cm³/mol. The van der Waals surface area contributed by atoms with Crippen molar-refractivity contribution in [2.24, 2.45) is 0 Å². The Balaban J connectivity index is 0.000000112. The van der Waals surface area contributed by atoms with E-state index < -0.39 is 0 Å². The summed E-state index contributed by atoms with van der Waals surface area (Å²) < 4.78 is 4.83. The zero-order chi connectivity index (χ0) is 7.78. The zero-order valence-corrected chi connectivity index (χ0v) is 7.27. The Labute approximate surface area is 71.7 Å². The highest BCUT2D eigenvalue weighted by atomic mass is 32.2. The lowest BCUT2D eigenvalue weighted by Gasteiger charge is -2.05. The highest BCUT2D eigenvalue weighted by molar-refractivity contribution is 7.99. The summed E-state index contributed by atoms with van der Waals surface area (Å²) in [7, 11) is 0. The molecule has 2 aliphatic rings. The molecule has 0 aromatic heterocycles. The van der Waals surface area contributed by atoms with Crippen LogP contribution in [0.3, 0.4) is 0 Å². The Bertz CT molecular complexity index is 131. The van der Waals surface area contributed by atoms with Gasteiger partial charge >= 0.3 is 0 Å². The van der Waals surface area contributed by atoms with Gasteiger partial charge in [0.05, 0.1) is 6.26 Å². The Morgan fingerprint density at radius 3 is 2.27 bits per heavy atom. The number of nitrogens with one attached hydrogen (secondary N) is 1. The maximum atomic E-state index is 4.83. The summed E-state index contributed by atoms with van der Waals surface area (Å²) in [5.41, 5.74) is 0. The van der Waals surface area contributed by atoms with Crippen LogP contribution >= 0.6 is 11.8 Å². The molecule has 0 aliphatic carbocycles. The molecule has 0 radical (unpaired) electrons. The largest absolute Gasteiger partial charge is 0.498 e. The molecule has 2 nitrogen and oxygen atoms in total. The molecule has 0 aromatic carbocycles. The van der Waals surface area contributed by atoms with Crippen molar-refractivity contribution in [1.82, 2.24) is 5.32 Å². The summed E-state index contributed by atoms with van der Waals surface area (Å²) in [6.45, 7) is 1.74. The minimum atomic E-state index is 0.802. The summed E-state index contributed by atoms with van der Waals surface area (Å²) >= 11 is 1.96. The van der Waals surface area contributed by atoms with Crippen LogP contribution in [0.15, 0.2) is 24.6 Å². The van der Waals surface area contributed by atoms with Gasteiger partial charge in [-0.05, 0) is 0 Å². The average Bonchev–Trinajstić information content (AvgIpc) is 2.64. The maximum absolute atomic E-state index is 4.83. The molecule has 2 rings (SSSR count). The van der Waals surface area contributed by atoms with Crippen molar-refractivity contribution in [3.63, 3.8) is 0 Å². The molecule has 1 N–H and O–H groups in total. The van der Waals surface area contributed by atoms with E-state index in [-0.39, 0.29) is 0 Å². The summed E-state index contributed by atoms with van der Waals surface area (Å²) in [5.74, 6) is 2.47. The summed E-state index contributed by atoms with van der Waals surface area (Å²) in [6.07, 6.45) is 7.85. The van der Waals surface area contributed by atoms with E-state index in [9.17, 15) is 0 Å². The molecule has 0 saturated carbocycles. The second-order valence-corrected chi connectivity index (χ2v) is 3.21. The first kappa shape index (κ1) is 8.53. The molecule has 0 saturated heterocycles. The van der Waals surface area contributed by atoms with E-state index >= 15 is 0 Å². The van der Waals surface area contributed by atoms with Gasteiger partial charge in [-0.25, -0.2) is 0 Å². The van der Waals surface area contributed by atoms with E-state index in [0.717, 1.165) is 13.2 Å². The van der Waals surface area contributed by atoms with Gasteiger partial charge in [0.25, 0.3) is 0 Å². The predicted octanol–water partition coefficient (Wildman–Crippen LogP) is 1.37. The molecule has 2 aliphatic heterocycles. The van der Waals surface area contributed by atoms with E-state index in [1.807, 2.05) is 11.8 Å². The van der Waals surface area contributed by atoms with Gasteiger partial charge in [0.1, 0.15) is 6.61 Å². The third kappa shape index (κ3) is 4.79. The van der Waals surface area contributed by atoms with E-state index in [4.69, 9.17) is 4.74 Å². The van der Waals surface area contributed by atoms with Gasteiger partial charge in [-0.3, -0.25) is 0 Å². The van der Waals surface area contributed by atoms with Crippen LogP contribution in [-0.4, -0.2) is 24.7 Å². The molecule has 0 amide bonds. The molecule has 2 heterocycles. The van der Waals surface area contributed by atoms with Crippen LogP contribution in [0.2, 0.25) is 0 Å². The molecule has 3 heteroatoms. The number of thioether (sulfide) groups is 1. The Hall–Kier alpha value is -0.570. The van der Waals surface area contributed by atoms with Crippen LogP contribution in [-0.2, 0) is 4.74 Å². The van der Waals surface area contributed by atoms with Crippen LogP contribution in [0.4, 0.5) is 0 Å². The van der Waals surface area contributed by atoms with Gasteiger partial charge < -0.3 is 10.1 Å². The monoisotopic (exact) mass is 171 g/mol. The standard InChI is InChI=1S/C4H7NO.C4H6S/c1-3-6-4-2-5-1;1-2-4-5-3-1/h1,3,5H,2,4H2;1-2H,3-4H2. The molecular formula is C8H13NOS. The topological polar surface area (TPSA) is 21.3 Å². The van der Waals surface area contributed by atoms with Gasteiger partial charge in [0, 0.05) is 24.3 Å². The fourth-order valence-corrected chi connectivity index (χ4v) is 1.39. The minimum absolute atomic E-state index is 0.802. The second-order valence-electron chi connectivity index (χ2n) is 2.14. The maximum Gasteiger partial charge on any atom is 0.105 e. The molecule has 0 bridgehead atoms. The number of hydrogen-bond donors (Lipinski definition) is 1. The number of hydrogen-bond acceptors (Lipinski definition) is 3. The minimum Gasteiger partial charge on any atom is -0.498 e. The van der Waals surface area contributed by atoms with Crippen molar-refractivity contribution in [3.05, 3.63) is 24.6 Å². The Morgan fingerprint density at radius 1 is 1.27 bits per heavy atom. The molecule has 62 valence electrons. The Kier molecular flexibility index (Phi) is 4.77. The summed E-state index contributed by atoms with van der Waals surface area (Å²) in [6, 6.07) is 0. The molecule has 0 fully saturated rings. The third-order valence-electron chi connectivity index (χ3n) is 1.24. The number of rotatable bonds is 0. The van der Waals surface area contributed by atoms with E-state index in [1.54, 1.807) is 12.5 Å². The molecule has 0 unspecified atom stereocenters. The van der Waals surface area contributed by atoms with Gasteiger partial charge in [-0.1, -0.05) is 12.2 Å². The van der Waals surface area contributed by atoms with Crippen molar-refractivity contribution >= 4 is 11.8 Å². The van der Waals surface area contributed by atoms with Crippen LogP contribution in [0.5, 0.6) is 0 Å². The fourth-order valence-electron chi connectivity index (χ4n) is 0.706. The first-order valence-corrected chi connectivity index (χ1v) is 4.88. The lowest BCUT2D eigenvalue weighted by Crippen LogP contribution is -2.16. The summed E-state index contributed by atoms with van der Waals surface area (Å²) in [5, 5.41) is 2.98. The normalized spacial score (nSPS) is 19.6. The van der Waals surface area contributed by atoms with E-state index in [2.05, 4.69) is 17.5 Å². The van der Waals surface area contributed by atoms with Gasteiger partial charge in [0.2, 0.25) is 0 Å². The quantitative estimate of drug-likeness (QED) is 0.556. The molecule has 0 atom stereocenters. The molecule has 0 spiro atoms. The fraction of sp³-hybridized carbons (Fsp3) is 0.500. The smallest absolute Gasteiger partial charge is 0.105 e. The Morgan fingerprint density at radius 2 is 2.09 bits per heavy atom. The van der Waals surface area contributed by atoms with Crippen molar-refractivity contribution in [2.45, 2.75) is 0 Å². The first-order valence-electron chi connectivity index (χ1n) is 3.73. The van der Waals surface area contributed by atoms with Gasteiger partial charge in [-0.2, -0.15) is 11.8 Å². The first-order chi connectivity index (χ1) is 5.50. The van der Waals surface area contributed by atoms with E-state index in [0.29, 0.717) is 0 Å². The van der Waals surface area contributed by atoms with E-state index in [1.165, 1.54) is 11.5 Å². The number of ether oxygens (including phenoxy) is 1. The molecule has 0 aromatic rings. The molecular weight excluding hydrogens is 158 g/mol. The zero-order valence-electron chi connectivity index (χ0n) is 6.45. The van der Waals surface area contributed by atoms with Crippen LogP contribution in [0.25, 0.3) is 0 Å². The highest BCUT2D eigenvalue weighted by Gasteiger charge is 1.84. The van der Waals surface area contributed by atoms with Crippen LogP contribution < -0.4 is 5.32 Å². The molecule has 11 heavy (non-hydrogen) atoms. The van der Waals surface area contributed by atoms with Gasteiger partial charge in [0.15, 0.2) is 0 Å². The average molecular weight is 171 g/mol. The SMILES string of the molecule is C1=CCSC1.C1=COCCN1. The lowest BCUT2D eigenvalue weighted by atomic mass is 10.6.